The number of ether oxygens (including phenoxy) is 3. The molecule has 32 heavy (non-hydrogen) atoms. The number of nitrogens with one attached hydrogen (secondary N) is 2. The molecule has 0 aliphatic heterocycles. The molecule has 2 amide bonds. The number of rotatable bonds is 10. The third kappa shape index (κ3) is 8.49. The van der Waals surface area contributed by atoms with Crippen molar-refractivity contribution in [2.45, 2.75) is 59.2 Å². The van der Waals surface area contributed by atoms with E-state index in [1.54, 1.807) is 31.4 Å². The Morgan fingerprint density at radius 3 is 2.19 bits per heavy atom. The van der Waals surface area contributed by atoms with Gasteiger partial charge in [0, 0.05) is 18.7 Å². The summed E-state index contributed by atoms with van der Waals surface area (Å²) in [7, 11) is 1.60. The summed E-state index contributed by atoms with van der Waals surface area (Å²) in [5.74, 6) is 1.17. The van der Waals surface area contributed by atoms with Gasteiger partial charge in [-0.15, -0.1) is 0 Å². The Bertz CT molecular complexity index is 888. The average molecular weight is 443 g/mol. The first-order valence-corrected chi connectivity index (χ1v) is 10.9. The van der Waals surface area contributed by atoms with Crippen LogP contribution in [0.5, 0.6) is 11.5 Å². The summed E-state index contributed by atoms with van der Waals surface area (Å²) in [6.07, 6.45) is 1.57. The van der Waals surface area contributed by atoms with Gasteiger partial charge in [0.1, 0.15) is 5.60 Å². The SMILES string of the molecule is CCCCOc1ccc(CNC(=O)c2ccc(CNC(=O)OC(C)(C)C)cc2)cc1OC. The van der Waals surface area contributed by atoms with Gasteiger partial charge in [-0.2, -0.15) is 0 Å². The Morgan fingerprint density at radius 1 is 0.906 bits per heavy atom. The van der Waals surface area contributed by atoms with Crippen LogP contribution in [-0.4, -0.2) is 31.3 Å². The normalized spacial score (nSPS) is 10.9. The molecule has 0 atom stereocenters. The van der Waals surface area contributed by atoms with Crippen LogP contribution in [0.3, 0.4) is 0 Å². The second kappa shape index (κ2) is 12.0. The molecule has 7 heteroatoms. The number of methoxy groups -OCH3 is 1. The van der Waals surface area contributed by atoms with E-state index in [2.05, 4.69) is 17.6 Å². The van der Waals surface area contributed by atoms with E-state index < -0.39 is 11.7 Å². The number of amides is 2. The molecular formula is C25H34N2O5. The Labute approximate surface area is 190 Å². The highest BCUT2D eigenvalue weighted by Crippen LogP contribution is 2.28. The minimum atomic E-state index is -0.543. The van der Waals surface area contributed by atoms with Crippen LogP contribution in [-0.2, 0) is 17.8 Å². The molecule has 0 radical (unpaired) electrons. The maximum absolute atomic E-state index is 12.5. The Morgan fingerprint density at radius 2 is 1.56 bits per heavy atom. The molecule has 0 aliphatic rings. The van der Waals surface area contributed by atoms with Gasteiger partial charge in [-0.1, -0.05) is 31.5 Å². The second-order valence-corrected chi connectivity index (χ2v) is 8.42. The van der Waals surface area contributed by atoms with E-state index >= 15 is 0 Å². The molecule has 0 saturated heterocycles. The van der Waals surface area contributed by atoms with Crippen LogP contribution in [0.25, 0.3) is 0 Å². The van der Waals surface area contributed by atoms with Crippen molar-refractivity contribution in [1.82, 2.24) is 10.6 Å². The van der Waals surface area contributed by atoms with E-state index in [-0.39, 0.29) is 5.91 Å². The largest absolute Gasteiger partial charge is 0.493 e. The Hall–Kier alpha value is -3.22. The number of hydrogen-bond donors (Lipinski definition) is 2. The molecule has 0 saturated carbocycles. The molecule has 0 fully saturated rings. The number of hydrogen-bond acceptors (Lipinski definition) is 5. The highest BCUT2D eigenvalue weighted by molar-refractivity contribution is 5.94. The van der Waals surface area contributed by atoms with E-state index in [0.29, 0.717) is 36.8 Å². The van der Waals surface area contributed by atoms with Gasteiger partial charge < -0.3 is 24.8 Å². The molecule has 7 nitrogen and oxygen atoms in total. The van der Waals surface area contributed by atoms with Gasteiger partial charge in [0.25, 0.3) is 5.91 Å². The van der Waals surface area contributed by atoms with E-state index in [4.69, 9.17) is 14.2 Å². The van der Waals surface area contributed by atoms with Gasteiger partial charge in [-0.05, 0) is 62.6 Å². The van der Waals surface area contributed by atoms with Gasteiger partial charge in [-0.25, -0.2) is 4.79 Å². The molecule has 0 unspecified atom stereocenters. The number of alkyl carbamates (subject to hydrolysis) is 1. The molecule has 0 bridgehead atoms. The highest BCUT2D eigenvalue weighted by atomic mass is 16.6. The van der Waals surface area contributed by atoms with Crippen LogP contribution in [0.1, 0.15) is 62.0 Å². The van der Waals surface area contributed by atoms with Crippen molar-refractivity contribution in [1.29, 1.82) is 0 Å². The van der Waals surface area contributed by atoms with Crippen molar-refractivity contribution >= 4 is 12.0 Å². The standard InChI is InChI=1S/C25H34N2O5/c1-6-7-14-31-21-13-10-19(15-22(21)30-5)17-26-23(28)20-11-8-18(9-12-20)16-27-24(29)32-25(2,3)4/h8-13,15H,6-7,14,16-17H2,1-5H3,(H,26,28)(H,27,29). The lowest BCUT2D eigenvalue weighted by molar-refractivity contribution is 0.0523. The third-order valence-electron chi connectivity index (χ3n) is 4.49. The minimum absolute atomic E-state index is 0.182. The van der Waals surface area contributed by atoms with Crippen LogP contribution >= 0.6 is 0 Å². The monoisotopic (exact) mass is 442 g/mol. The van der Waals surface area contributed by atoms with Gasteiger partial charge in [-0.3, -0.25) is 4.79 Å². The van der Waals surface area contributed by atoms with Crippen molar-refractivity contribution in [2.24, 2.45) is 0 Å². The van der Waals surface area contributed by atoms with Gasteiger partial charge >= 0.3 is 6.09 Å². The Balaban J connectivity index is 1.87. The smallest absolute Gasteiger partial charge is 0.407 e. The van der Waals surface area contributed by atoms with E-state index in [0.717, 1.165) is 24.0 Å². The first kappa shape index (κ1) is 25.0. The second-order valence-electron chi connectivity index (χ2n) is 8.42. The summed E-state index contributed by atoms with van der Waals surface area (Å²) in [4.78, 5) is 24.2. The fourth-order valence-electron chi connectivity index (χ4n) is 2.81. The molecule has 0 spiro atoms. The molecule has 2 aromatic carbocycles. The lowest BCUT2D eigenvalue weighted by Gasteiger charge is -2.19. The van der Waals surface area contributed by atoms with Crippen LogP contribution in [0.4, 0.5) is 4.79 Å². The molecule has 174 valence electrons. The number of carbonyl (C=O) groups is 2. The van der Waals surface area contributed by atoms with Crippen molar-refractivity contribution in [2.75, 3.05) is 13.7 Å². The third-order valence-corrected chi connectivity index (χ3v) is 4.49. The maximum Gasteiger partial charge on any atom is 0.407 e. The predicted molar refractivity (Wildman–Crippen MR) is 124 cm³/mol. The average Bonchev–Trinajstić information content (AvgIpc) is 2.76. The number of unbranched alkanes of at least 4 members (excludes halogenated alkanes) is 1. The van der Waals surface area contributed by atoms with Crippen LogP contribution < -0.4 is 20.1 Å². The van der Waals surface area contributed by atoms with Crippen molar-refractivity contribution < 1.29 is 23.8 Å². The highest BCUT2D eigenvalue weighted by Gasteiger charge is 2.15. The molecule has 0 aromatic heterocycles. The zero-order valence-corrected chi connectivity index (χ0v) is 19.6. The quantitative estimate of drug-likeness (QED) is 0.515. The van der Waals surface area contributed by atoms with Crippen molar-refractivity contribution in [3.8, 4) is 11.5 Å². The first-order valence-electron chi connectivity index (χ1n) is 10.9. The van der Waals surface area contributed by atoms with Crippen LogP contribution in [0.2, 0.25) is 0 Å². The van der Waals surface area contributed by atoms with Crippen LogP contribution in [0, 0.1) is 0 Å². The molecule has 2 N–H and O–H groups in total. The van der Waals surface area contributed by atoms with E-state index in [9.17, 15) is 9.59 Å². The topological polar surface area (TPSA) is 85.9 Å². The molecule has 2 rings (SSSR count). The summed E-state index contributed by atoms with van der Waals surface area (Å²) in [5, 5.41) is 5.61. The van der Waals surface area contributed by atoms with Gasteiger partial charge in [0.2, 0.25) is 0 Å². The minimum Gasteiger partial charge on any atom is -0.493 e. The lowest BCUT2D eigenvalue weighted by Crippen LogP contribution is -2.32. The summed E-state index contributed by atoms with van der Waals surface area (Å²) < 4.78 is 16.4. The van der Waals surface area contributed by atoms with E-state index in [1.165, 1.54) is 0 Å². The number of carbonyl (C=O) groups excluding carboxylic acids is 2. The Kier molecular flexibility index (Phi) is 9.38. The lowest BCUT2D eigenvalue weighted by atomic mass is 10.1. The van der Waals surface area contributed by atoms with Crippen molar-refractivity contribution in [3.63, 3.8) is 0 Å². The fraction of sp³-hybridized carbons (Fsp3) is 0.440. The van der Waals surface area contributed by atoms with Gasteiger partial charge in [0.15, 0.2) is 11.5 Å². The molecular weight excluding hydrogens is 408 g/mol. The maximum atomic E-state index is 12.5. The first-order chi connectivity index (χ1) is 15.2. The summed E-state index contributed by atoms with van der Waals surface area (Å²) in [5.41, 5.74) is 1.78. The summed E-state index contributed by atoms with van der Waals surface area (Å²) in [6, 6.07) is 12.7. The summed E-state index contributed by atoms with van der Waals surface area (Å²) >= 11 is 0. The van der Waals surface area contributed by atoms with E-state index in [1.807, 2.05) is 39.0 Å². The molecule has 0 heterocycles. The summed E-state index contributed by atoms with van der Waals surface area (Å²) in [6.45, 7) is 8.88. The van der Waals surface area contributed by atoms with Gasteiger partial charge in [0.05, 0.1) is 13.7 Å². The zero-order chi connectivity index (χ0) is 23.6. The molecule has 0 aliphatic carbocycles. The van der Waals surface area contributed by atoms with Crippen molar-refractivity contribution in [3.05, 3.63) is 59.2 Å². The van der Waals surface area contributed by atoms with Crippen LogP contribution in [0.15, 0.2) is 42.5 Å². The predicted octanol–water partition coefficient (Wildman–Crippen LogP) is 4.83. The fourth-order valence-corrected chi connectivity index (χ4v) is 2.81. The molecule has 2 aromatic rings. The number of benzene rings is 2. The zero-order valence-electron chi connectivity index (χ0n) is 19.6.